The number of unbranched alkanes of at least 4 members (excludes halogenated alkanes) is 4. The zero-order valence-electron chi connectivity index (χ0n) is 15.1. The minimum absolute atomic E-state index is 0.792. The maximum Gasteiger partial charge on any atom is 0.146 e. The summed E-state index contributed by atoms with van der Waals surface area (Å²) >= 11 is 0. The van der Waals surface area contributed by atoms with Gasteiger partial charge in [-0.1, -0.05) is 32.6 Å². The maximum absolute atomic E-state index is 5.48. The summed E-state index contributed by atoms with van der Waals surface area (Å²) in [5.41, 5.74) is 5.10. The highest BCUT2D eigenvalue weighted by molar-refractivity contribution is 6.11. The normalized spacial score (nSPS) is 15.5. The molecule has 0 aromatic carbocycles. The van der Waals surface area contributed by atoms with E-state index in [1.54, 1.807) is 7.11 Å². The van der Waals surface area contributed by atoms with Crippen LogP contribution in [0.2, 0.25) is 0 Å². The number of nitrogens with one attached hydrogen (secondary N) is 2. The standard InChI is InChI=1S/C21H27N3O/c1-3-4-5-6-7-9-16-11-12-17(23-16)14-20-21(25-2)15-19(24-20)18-10-8-13-22-18/h8,10-15,22-23H,3-7,9H2,1-2H3/b20-14-. The van der Waals surface area contributed by atoms with Gasteiger partial charge >= 0.3 is 0 Å². The Labute approximate surface area is 149 Å². The number of methoxy groups -OCH3 is 1. The molecule has 2 aromatic heterocycles. The van der Waals surface area contributed by atoms with Crippen LogP contribution in [0.1, 0.15) is 56.1 Å². The first kappa shape index (κ1) is 17.3. The number of ether oxygens (including phenoxy) is 1. The average molecular weight is 337 g/mol. The van der Waals surface area contributed by atoms with E-state index in [-0.39, 0.29) is 0 Å². The van der Waals surface area contributed by atoms with E-state index in [0.29, 0.717) is 0 Å². The smallest absolute Gasteiger partial charge is 0.146 e. The Morgan fingerprint density at radius 3 is 2.76 bits per heavy atom. The summed E-state index contributed by atoms with van der Waals surface area (Å²) in [6.07, 6.45) is 13.6. The van der Waals surface area contributed by atoms with Gasteiger partial charge in [0, 0.05) is 23.7 Å². The van der Waals surface area contributed by atoms with Crippen molar-refractivity contribution in [1.29, 1.82) is 0 Å². The predicted molar refractivity (Wildman–Crippen MR) is 104 cm³/mol. The average Bonchev–Trinajstić information content (AvgIpc) is 3.35. The Morgan fingerprint density at radius 1 is 1.12 bits per heavy atom. The fourth-order valence-corrected chi connectivity index (χ4v) is 3.07. The van der Waals surface area contributed by atoms with Gasteiger partial charge in [-0.3, -0.25) is 0 Å². The zero-order chi connectivity index (χ0) is 17.5. The molecule has 0 spiro atoms. The number of aryl methyl sites for hydroxylation is 1. The van der Waals surface area contributed by atoms with Crippen molar-refractivity contribution in [3.05, 3.63) is 65.1 Å². The third kappa shape index (κ3) is 4.53. The fourth-order valence-electron chi connectivity index (χ4n) is 3.07. The molecule has 3 rings (SSSR count). The maximum atomic E-state index is 5.48. The van der Waals surface area contributed by atoms with Gasteiger partial charge in [0.05, 0.1) is 18.5 Å². The second-order valence-electron chi connectivity index (χ2n) is 6.43. The van der Waals surface area contributed by atoms with Gasteiger partial charge in [-0.05, 0) is 43.2 Å². The molecular formula is C21H27N3O. The molecule has 4 heteroatoms. The van der Waals surface area contributed by atoms with E-state index < -0.39 is 0 Å². The first-order valence-corrected chi connectivity index (χ1v) is 9.18. The van der Waals surface area contributed by atoms with Crippen molar-refractivity contribution in [1.82, 2.24) is 9.97 Å². The Bertz CT molecular complexity index is 763. The molecule has 0 saturated carbocycles. The monoisotopic (exact) mass is 337 g/mol. The van der Waals surface area contributed by atoms with Crippen LogP contribution >= 0.6 is 0 Å². The molecule has 1 aliphatic rings. The van der Waals surface area contributed by atoms with Crippen molar-refractivity contribution < 1.29 is 4.74 Å². The highest BCUT2D eigenvalue weighted by Gasteiger charge is 2.17. The minimum atomic E-state index is 0.792. The SMILES string of the molecule is CCCCCCCc1ccc(/C=C2\N=C(c3ccc[nH]3)C=C2OC)[nH]1. The van der Waals surface area contributed by atoms with Gasteiger partial charge in [0.25, 0.3) is 0 Å². The largest absolute Gasteiger partial charge is 0.494 e. The Hall–Kier alpha value is -2.49. The molecule has 2 N–H and O–H groups in total. The molecule has 4 nitrogen and oxygen atoms in total. The number of aromatic amines is 2. The van der Waals surface area contributed by atoms with Gasteiger partial charge in [0.2, 0.25) is 0 Å². The highest BCUT2D eigenvalue weighted by atomic mass is 16.5. The number of nitrogens with zero attached hydrogens (tertiary/aromatic N) is 1. The number of hydrogen-bond acceptors (Lipinski definition) is 2. The lowest BCUT2D eigenvalue weighted by Gasteiger charge is -2.01. The van der Waals surface area contributed by atoms with Crippen molar-refractivity contribution in [2.45, 2.75) is 45.4 Å². The Balaban J connectivity index is 1.65. The molecule has 0 fully saturated rings. The number of rotatable bonds is 9. The van der Waals surface area contributed by atoms with Gasteiger partial charge in [-0.2, -0.15) is 0 Å². The Kier molecular flexibility index (Phi) is 5.94. The first-order valence-electron chi connectivity index (χ1n) is 9.18. The molecular weight excluding hydrogens is 310 g/mol. The molecule has 0 aliphatic carbocycles. The summed E-state index contributed by atoms with van der Waals surface area (Å²) in [7, 11) is 1.68. The van der Waals surface area contributed by atoms with Crippen molar-refractivity contribution >= 4 is 11.8 Å². The molecule has 1 aliphatic heterocycles. The van der Waals surface area contributed by atoms with E-state index in [9.17, 15) is 0 Å². The fraction of sp³-hybridized carbons (Fsp3) is 0.381. The van der Waals surface area contributed by atoms with Crippen LogP contribution < -0.4 is 0 Å². The van der Waals surface area contributed by atoms with Crippen LogP contribution in [0.5, 0.6) is 0 Å². The van der Waals surface area contributed by atoms with Crippen LogP contribution in [0.4, 0.5) is 0 Å². The van der Waals surface area contributed by atoms with Gasteiger partial charge in [0.15, 0.2) is 0 Å². The third-order valence-electron chi connectivity index (χ3n) is 4.47. The lowest BCUT2D eigenvalue weighted by Crippen LogP contribution is -1.93. The van der Waals surface area contributed by atoms with Gasteiger partial charge < -0.3 is 14.7 Å². The van der Waals surface area contributed by atoms with Gasteiger partial charge in [-0.15, -0.1) is 0 Å². The molecule has 0 radical (unpaired) electrons. The number of hydrogen-bond donors (Lipinski definition) is 2. The lowest BCUT2D eigenvalue weighted by molar-refractivity contribution is 0.303. The summed E-state index contributed by atoms with van der Waals surface area (Å²) < 4.78 is 5.48. The molecule has 0 bridgehead atoms. The molecule has 0 atom stereocenters. The van der Waals surface area contributed by atoms with Crippen molar-refractivity contribution in [3.8, 4) is 0 Å². The Morgan fingerprint density at radius 2 is 2.00 bits per heavy atom. The molecule has 0 unspecified atom stereocenters. The van der Waals surface area contributed by atoms with E-state index in [0.717, 1.165) is 35.0 Å². The van der Waals surface area contributed by atoms with E-state index in [2.05, 4.69) is 29.0 Å². The van der Waals surface area contributed by atoms with Crippen LogP contribution in [0, 0.1) is 0 Å². The van der Waals surface area contributed by atoms with Crippen molar-refractivity contribution in [2.24, 2.45) is 4.99 Å². The van der Waals surface area contributed by atoms with E-state index in [1.807, 2.05) is 30.5 Å². The molecule has 0 saturated heterocycles. The lowest BCUT2D eigenvalue weighted by atomic mass is 10.1. The van der Waals surface area contributed by atoms with Crippen LogP contribution in [0.25, 0.3) is 6.08 Å². The molecule has 132 valence electrons. The van der Waals surface area contributed by atoms with Crippen LogP contribution in [0.15, 0.2) is 53.0 Å². The molecule has 25 heavy (non-hydrogen) atoms. The second-order valence-corrected chi connectivity index (χ2v) is 6.43. The van der Waals surface area contributed by atoms with Crippen LogP contribution in [-0.4, -0.2) is 22.8 Å². The summed E-state index contributed by atoms with van der Waals surface area (Å²) in [6.45, 7) is 2.25. The zero-order valence-corrected chi connectivity index (χ0v) is 15.1. The van der Waals surface area contributed by atoms with Crippen LogP contribution in [0.3, 0.4) is 0 Å². The molecule has 2 aromatic rings. The van der Waals surface area contributed by atoms with Gasteiger partial charge in [0.1, 0.15) is 11.5 Å². The summed E-state index contributed by atoms with van der Waals surface area (Å²) in [5.74, 6) is 0.792. The summed E-state index contributed by atoms with van der Waals surface area (Å²) in [5, 5.41) is 0. The van der Waals surface area contributed by atoms with E-state index >= 15 is 0 Å². The number of aromatic nitrogens is 2. The highest BCUT2D eigenvalue weighted by Crippen LogP contribution is 2.24. The topological polar surface area (TPSA) is 53.2 Å². The second kappa shape index (κ2) is 8.56. The first-order chi connectivity index (χ1) is 12.3. The number of allylic oxidation sites excluding steroid dienone is 1. The molecule has 3 heterocycles. The predicted octanol–water partition coefficient (Wildman–Crippen LogP) is 5.23. The summed E-state index contributed by atoms with van der Waals surface area (Å²) in [6, 6.07) is 8.27. The quantitative estimate of drug-likeness (QED) is 0.605. The minimum Gasteiger partial charge on any atom is -0.494 e. The van der Waals surface area contributed by atoms with Crippen molar-refractivity contribution in [2.75, 3.05) is 7.11 Å². The van der Waals surface area contributed by atoms with E-state index in [1.165, 1.54) is 37.8 Å². The van der Waals surface area contributed by atoms with Crippen LogP contribution in [-0.2, 0) is 11.2 Å². The van der Waals surface area contributed by atoms with E-state index in [4.69, 9.17) is 9.73 Å². The molecule has 0 amide bonds. The van der Waals surface area contributed by atoms with Gasteiger partial charge in [-0.25, -0.2) is 4.99 Å². The third-order valence-corrected chi connectivity index (χ3v) is 4.47. The van der Waals surface area contributed by atoms with Crippen molar-refractivity contribution in [3.63, 3.8) is 0 Å². The number of aliphatic imine (C=N–C) groups is 1. The number of H-pyrrole nitrogens is 2. The summed E-state index contributed by atoms with van der Waals surface area (Å²) in [4.78, 5) is 11.4.